The number of para-hydroxylation sites is 2. The van der Waals surface area contributed by atoms with Crippen molar-refractivity contribution in [1.29, 1.82) is 0 Å². The molecule has 3 heterocycles. The van der Waals surface area contributed by atoms with Crippen LogP contribution in [0.4, 0.5) is 11.4 Å². The lowest BCUT2D eigenvalue weighted by Gasteiger charge is -2.30. The Morgan fingerprint density at radius 1 is 1.23 bits per heavy atom. The summed E-state index contributed by atoms with van der Waals surface area (Å²) in [6.07, 6.45) is 1.01. The molecule has 7 heteroatoms. The number of aryl methyl sites for hydroxylation is 1. The predicted molar refractivity (Wildman–Crippen MR) is 120 cm³/mol. The van der Waals surface area contributed by atoms with Crippen molar-refractivity contribution in [1.82, 2.24) is 4.98 Å². The molecule has 4 rings (SSSR count). The van der Waals surface area contributed by atoms with Crippen molar-refractivity contribution in [2.75, 3.05) is 23.4 Å². The lowest BCUT2D eigenvalue weighted by atomic mass is 10.1. The Morgan fingerprint density at radius 2 is 2.03 bits per heavy atom. The zero-order valence-corrected chi connectivity index (χ0v) is 18.2. The average Bonchev–Trinajstić information content (AvgIpc) is 3.31. The number of hydrogen-bond acceptors (Lipinski definition) is 5. The van der Waals surface area contributed by atoms with Crippen LogP contribution in [0.3, 0.4) is 0 Å². The van der Waals surface area contributed by atoms with Crippen LogP contribution in [0, 0.1) is 13.8 Å². The Balaban J connectivity index is 1.58. The summed E-state index contributed by atoms with van der Waals surface area (Å²) < 4.78 is 5.12. The number of aromatic amines is 1. The van der Waals surface area contributed by atoms with Gasteiger partial charge in [-0.3, -0.25) is 4.79 Å². The van der Waals surface area contributed by atoms with Crippen LogP contribution >= 0.6 is 11.3 Å². The smallest absolute Gasteiger partial charge is 0.340 e. The van der Waals surface area contributed by atoms with Crippen molar-refractivity contribution in [3.63, 3.8) is 0 Å². The Hall–Kier alpha value is -3.06. The molecule has 156 valence electrons. The predicted octanol–water partition coefficient (Wildman–Crippen LogP) is 4.68. The van der Waals surface area contributed by atoms with Gasteiger partial charge in [0.25, 0.3) is 5.91 Å². The number of H-pyrrole nitrogens is 1. The second-order valence-corrected chi connectivity index (χ2v) is 8.36. The normalized spacial score (nSPS) is 13.1. The summed E-state index contributed by atoms with van der Waals surface area (Å²) in [5, 5.41) is 5.17. The average molecular weight is 424 g/mol. The van der Waals surface area contributed by atoms with Crippen molar-refractivity contribution in [2.45, 2.75) is 33.7 Å². The second-order valence-electron chi connectivity index (χ2n) is 7.36. The van der Waals surface area contributed by atoms with Crippen LogP contribution in [0.15, 0.2) is 35.7 Å². The molecular formula is C23H25N3O3S. The molecule has 2 aromatic heterocycles. The van der Waals surface area contributed by atoms with Gasteiger partial charge in [-0.15, -0.1) is 11.3 Å². The van der Waals surface area contributed by atoms with Crippen LogP contribution < -0.4 is 10.2 Å². The quantitative estimate of drug-likeness (QED) is 0.584. The molecule has 0 spiro atoms. The molecule has 0 saturated heterocycles. The number of carbonyl (C=O) groups excluding carboxylic acids is 2. The van der Waals surface area contributed by atoms with Gasteiger partial charge in [0, 0.05) is 23.7 Å². The third-order valence-electron chi connectivity index (χ3n) is 5.44. The SMILES string of the molecule is CCOC(=O)c1c(C)[nH]c(C(=O)Nc2ccccc2N2CCc3sccc3C2)c1C. The highest BCUT2D eigenvalue weighted by Crippen LogP contribution is 2.32. The van der Waals surface area contributed by atoms with Crippen LogP contribution in [-0.4, -0.2) is 30.0 Å². The van der Waals surface area contributed by atoms with E-state index in [9.17, 15) is 9.59 Å². The third-order valence-corrected chi connectivity index (χ3v) is 6.47. The number of rotatable bonds is 5. The fourth-order valence-corrected chi connectivity index (χ4v) is 4.87. The maximum Gasteiger partial charge on any atom is 0.340 e. The van der Waals surface area contributed by atoms with Gasteiger partial charge in [-0.1, -0.05) is 12.1 Å². The van der Waals surface area contributed by atoms with Crippen LogP contribution in [0.2, 0.25) is 0 Å². The number of thiophene rings is 1. The molecule has 0 radical (unpaired) electrons. The first-order valence-corrected chi connectivity index (χ1v) is 10.9. The van der Waals surface area contributed by atoms with Gasteiger partial charge in [0.1, 0.15) is 5.69 Å². The standard InChI is InChI=1S/C23H25N3O3S/c1-4-29-23(28)20-14(2)21(24-15(20)3)22(27)25-17-7-5-6-8-18(17)26-11-9-19-16(13-26)10-12-30-19/h5-8,10,12,24H,4,9,11,13H2,1-3H3,(H,25,27). The first-order chi connectivity index (χ1) is 14.5. The van der Waals surface area contributed by atoms with E-state index in [0.29, 0.717) is 29.1 Å². The molecule has 3 aromatic rings. The molecule has 2 N–H and O–H groups in total. The van der Waals surface area contributed by atoms with Crippen molar-refractivity contribution in [3.8, 4) is 0 Å². The van der Waals surface area contributed by atoms with E-state index in [2.05, 4.69) is 26.6 Å². The molecule has 0 bridgehead atoms. The number of esters is 1. The van der Waals surface area contributed by atoms with Crippen molar-refractivity contribution < 1.29 is 14.3 Å². The first-order valence-electron chi connectivity index (χ1n) is 10.1. The summed E-state index contributed by atoms with van der Waals surface area (Å²) in [4.78, 5) is 32.1. The lowest BCUT2D eigenvalue weighted by molar-refractivity contribution is 0.0525. The van der Waals surface area contributed by atoms with E-state index in [1.165, 1.54) is 10.4 Å². The summed E-state index contributed by atoms with van der Waals surface area (Å²) in [7, 11) is 0. The summed E-state index contributed by atoms with van der Waals surface area (Å²) >= 11 is 1.81. The molecule has 6 nitrogen and oxygen atoms in total. The Kier molecular flexibility index (Phi) is 5.63. The third kappa shape index (κ3) is 3.73. The van der Waals surface area contributed by atoms with Crippen molar-refractivity contribution in [2.24, 2.45) is 0 Å². The Labute approximate surface area is 179 Å². The Bertz CT molecular complexity index is 1100. The van der Waals surface area contributed by atoms with Gasteiger partial charge in [-0.25, -0.2) is 4.79 Å². The summed E-state index contributed by atoms with van der Waals surface area (Å²) in [6.45, 7) is 7.34. The Morgan fingerprint density at radius 3 is 2.83 bits per heavy atom. The summed E-state index contributed by atoms with van der Waals surface area (Å²) in [5.74, 6) is -0.685. The van der Waals surface area contributed by atoms with Gasteiger partial charge >= 0.3 is 5.97 Å². The number of nitrogens with one attached hydrogen (secondary N) is 2. The molecular weight excluding hydrogens is 398 g/mol. The molecule has 1 aromatic carbocycles. The monoisotopic (exact) mass is 423 g/mol. The molecule has 0 fully saturated rings. The number of hydrogen-bond donors (Lipinski definition) is 2. The number of aromatic nitrogens is 1. The summed E-state index contributed by atoms with van der Waals surface area (Å²) in [6, 6.07) is 10.0. The van der Waals surface area contributed by atoms with Crippen LogP contribution in [0.1, 0.15) is 49.5 Å². The highest BCUT2D eigenvalue weighted by Gasteiger charge is 2.24. The summed E-state index contributed by atoms with van der Waals surface area (Å²) in [5.41, 5.74) is 5.13. The molecule has 0 saturated carbocycles. The lowest BCUT2D eigenvalue weighted by Crippen LogP contribution is -2.30. The van der Waals surface area contributed by atoms with E-state index in [-0.39, 0.29) is 5.91 Å². The molecule has 0 aliphatic carbocycles. The highest BCUT2D eigenvalue weighted by atomic mass is 32.1. The van der Waals surface area contributed by atoms with Gasteiger partial charge in [-0.05, 0) is 61.9 Å². The van der Waals surface area contributed by atoms with Crippen molar-refractivity contribution in [3.05, 3.63) is 68.7 Å². The topological polar surface area (TPSA) is 74.4 Å². The zero-order valence-electron chi connectivity index (χ0n) is 17.4. The zero-order chi connectivity index (χ0) is 21.3. The molecule has 1 amide bonds. The van der Waals surface area contributed by atoms with Crippen LogP contribution in [0.5, 0.6) is 0 Å². The first kappa shape index (κ1) is 20.2. The minimum atomic E-state index is -0.414. The minimum absolute atomic E-state index is 0.271. The number of benzene rings is 1. The van der Waals surface area contributed by atoms with Gasteiger partial charge in [-0.2, -0.15) is 0 Å². The minimum Gasteiger partial charge on any atom is -0.462 e. The maximum absolute atomic E-state index is 13.1. The van der Waals surface area contributed by atoms with Gasteiger partial charge in [0.2, 0.25) is 0 Å². The highest BCUT2D eigenvalue weighted by molar-refractivity contribution is 7.10. The number of carbonyl (C=O) groups is 2. The van der Waals surface area contributed by atoms with Gasteiger partial charge in [0.15, 0.2) is 0 Å². The second kappa shape index (κ2) is 8.36. The van der Waals surface area contributed by atoms with Crippen LogP contribution in [0.25, 0.3) is 0 Å². The van der Waals surface area contributed by atoms with Crippen LogP contribution in [-0.2, 0) is 17.7 Å². The number of anilines is 2. The van der Waals surface area contributed by atoms with Gasteiger partial charge in [0.05, 0.1) is 23.5 Å². The maximum atomic E-state index is 13.1. The fraction of sp³-hybridized carbons (Fsp3) is 0.304. The number of nitrogens with zero attached hydrogens (tertiary/aromatic N) is 1. The van der Waals surface area contributed by atoms with E-state index in [1.54, 1.807) is 20.8 Å². The molecule has 1 aliphatic rings. The molecule has 1 aliphatic heterocycles. The van der Waals surface area contributed by atoms with E-state index in [1.807, 2.05) is 35.6 Å². The molecule has 0 unspecified atom stereocenters. The number of ether oxygens (including phenoxy) is 1. The number of fused-ring (bicyclic) bond motifs is 1. The van der Waals surface area contributed by atoms with E-state index in [0.717, 1.165) is 30.9 Å². The van der Waals surface area contributed by atoms with E-state index >= 15 is 0 Å². The molecule has 0 atom stereocenters. The number of amides is 1. The van der Waals surface area contributed by atoms with Gasteiger partial charge < -0.3 is 19.9 Å². The van der Waals surface area contributed by atoms with E-state index < -0.39 is 5.97 Å². The molecule has 30 heavy (non-hydrogen) atoms. The fourth-order valence-electron chi connectivity index (χ4n) is 3.98. The largest absolute Gasteiger partial charge is 0.462 e. The van der Waals surface area contributed by atoms with E-state index in [4.69, 9.17) is 4.74 Å². The van der Waals surface area contributed by atoms with Crippen molar-refractivity contribution >= 4 is 34.6 Å².